The van der Waals surface area contributed by atoms with E-state index in [2.05, 4.69) is 15.0 Å². The van der Waals surface area contributed by atoms with E-state index in [-0.39, 0.29) is 18.9 Å². The number of amides is 1. The lowest BCUT2D eigenvalue weighted by atomic mass is 10.0. The maximum atomic E-state index is 11.5. The van der Waals surface area contributed by atoms with Gasteiger partial charge >= 0.3 is 0 Å². The first-order chi connectivity index (χ1) is 10.4. The molecule has 124 valence electrons. The molecule has 0 unspecified atom stereocenters. The molecule has 0 atom stereocenters. The van der Waals surface area contributed by atoms with Gasteiger partial charge in [0.1, 0.15) is 0 Å². The van der Waals surface area contributed by atoms with Crippen LogP contribution >= 0.6 is 11.3 Å². The molecule has 0 spiro atoms. The molecule has 1 aliphatic rings. The number of carbonyl (C=O) groups excluding carboxylic acids is 1. The lowest BCUT2D eigenvalue weighted by Gasteiger charge is -2.06. The zero-order valence-electron chi connectivity index (χ0n) is 12.9. The van der Waals surface area contributed by atoms with Gasteiger partial charge in [0, 0.05) is 30.8 Å². The highest BCUT2D eigenvalue weighted by molar-refractivity contribution is 7.88. The van der Waals surface area contributed by atoms with Gasteiger partial charge in [-0.25, -0.2) is 18.1 Å². The van der Waals surface area contributed by atoms with Crippen LogP contribution in [0.25, 0.3) is 0 Å². The summed E-state index contributed by atoms with van der Waals surface area (Å²) in [5, 5.41) is 3.97. The Bertz CT molecular complexity index is 587. The molecule has 2 rings (SSSR count). The van der Waals surface area contributed by atoms with Crippen LogP contribution in [0.15, 0.2) is 0 Å². The van der Waals surface area contributed by atoms with Gasteiger partial charge in [0.2, 0.25) is 15.9 Å². The second-order valence-electron chi connectivity index (χ2n) is 5.55. The van der Waals surface area contributed by atoms with Crippen molar-refractivity contribution in [3.05, 3.63) is 15.6 Å². The molecule has 1 heterocycles. The minimum absolute atomic E-state index is 0.130. The van der Waals surface area contributed by atoms with Crippen molar-refractivity contribution in [2.75, 3.05) is 19.3 Å². The summed E-state index contributed by atoms with van der Waals surface area (Å²) < 4.78 is 24.0. The molecule has 1 amide bonds. The average molecular weight is 345 g/mol. The van der Waals surface area contributed by atoms with Crippen molar-refractivity contribution >= 4 is 27.3 Å². The normalized spacial score (nSPS) is 14.6. The summed E-state index contributed by atoms with van der Waals surface area (Å²) in [4.78, 5) is 17.7. The van der Waals surface area contributed by atoms with Gasteiger partial charge in [-0.1, -0.05) is 0 Å². The van der Waals surface area contributed by atoms with Gasteiger partial charge in [-0.3, -0.25) is 4.79 Å². The zero-order valence-corrected chi connectivity index (χ0v) is 14.5. The molecule has 0 aromatic carbocycles. The average Bonchev–Trinajstić information content (AvgIpc) is 2.85. The molecule has 2 N–H and O–H groups in total. The molecule has 0 bridgehead atoms. The van der Waals surface area contributed by atoms with Crippen molar-refractivity contribution in [3.63, 3.8) is 0 Å². The van der Waals surface area contributed by atoms with Crippen LogP contribution < -0.4 is 10.0 Å². The fraction of sp³-hybridized carbons (Fsp3) is 0.714. The minimum atomic E-state index is -3.22. The number of rotatable bonds is 8. The Morgan fingerprint density at radius 2 is 2.05 bits per heavy atom. The number of aromatic nitrogens is 1. The van der Waals surface area contributed by atoms with Crippen LogP contribution in [0.4, 0.5) is 0 Å². The molecule has 1 aromatic heterocycles. The van der Waals surface area contributed by atoms with Crippen LogP contribution in [0.2, 0.25) is 0 Å². The number of hydrogen-bond donors (Lipinski definition) is 2. The maximum absolute atomic E-state index is 11.5. The van der Waals surface area contributed by atoms with Crippen molar-refractivity contribution in [2.45, 2.75) is 44.9 Å². The topological polar surface area (TPSA) is 88.2 Å². The molecule has 22 heavy (non-hydrogen) atoms. The van der Waals surface area contributed by atoms with Crippen molar-refractivity contribution in [2.24, 2.45) is 0 Å². The van der Waals surface area contributed by atoms with Gasteiger partial charge in [-0.2, -0.15) is 0 Å². The highest BCUT2D eigenvalue weighted by atomic mass is 32.2. The van der Waals surface area contributed by atoms with Crippen LogP contribution in [0.3, 0.4) is 0 Å². The summed E-state index contributed by atoms with van der Waals surface area (Å²) in [6.45, 7) is 0.742. The van der Waals surface area contributed by atoms with Crippen LogP contribution in [-0.4, -0.2) is 38.7 Å². The number of nitrogens with one attached hydrogen (secondary N) is 2. The Balaban J connectivity index is 1.60. The zero-order chi connectivity index (χ0) is 16.0. The van der Waals surface area contributed by atoms with Gasteiger partial charge < -0.3 is 5.32 Å². The van der Waals surface area contributed by atoms with Gasteiger partial charge in [0.15, 0.2) is 0 Å². The molecule has 0 aliphatic heterocycles. The molecule has 0 radical (unpaired) electrons. The number of sulfonamides is 1. The Kier molecular flexibility index (Phi) is 6.34. The van der Waals surface area contributed by atoms with Crippen molar-refractivity contribution in [1.82, 2.24) is 15.0 Å². The number of carbonyl (C=O) groups is 1. The highest BCUT2D eigenvalue weighted by Gasteiger charge is 2.14. The van der Waals surface area contributed by atoms with E-state index in [4.69, 9.17) is 0 Å². The first-order valence-corrected chi connectivity index (χ1v) is 10.3. The number of nitrogens with zero attached hydrogens (tertiary/aromatic N) is 1. The van der Waals surface area contributed by atoms with E-state index in [9.17, 15) is 13.2 Å². The third-order valence-electron chi connectivity index (χ3n) is 3.50. The summed E-state index contributed by atoms with van der Waals surface area (Å²) in [5.41, 5.74) is 1.28. The van der Waals surface area contributed by atoms with Crippen molar-refractivity contribution in [1.29, 1.82) is 0 Å². The maximum Gasteiger partial charge on any atom is 0.221 e. The Morgan fingerprint density at radius 1 is 1.27 bits per heavy atom. The van der Waals surface area contributed by atoms with Gasteiger partial charge in [0.05, 0.1) is 17.0 Å². The predicted octanol–water partition coefficient (Wildman–Crippen LogP) is 1.01. The molecular formula is C14H23N3O3S2. The molecule has 1 aromatic rings. The molecule has 6 nitrogen and oxygen atoms in total. The Labute approximate surface area is 135 Å². The summed E-state index contributed by atoms with van der Waals surface area (Å²) in [5.74, 6) is -0.130. The van der Waals surface area contributed by atoms with E-state index in [0.717, 1.165) is 31.9 Å². The smallest absolute Gasteiger partial charge is 0.221 e. The monoisotopic (exact) mass is 345 g/mol. The third kappa shape index (κ3) is 6.02. The van der Waals surface area contributed by atoms with Crippen molar-refractivity contribution in [3.8, 4) is 0 Å². The quantitative estimate of drug-likeness (QED) is 0.688. The second-order valence-corrected chi connectivity index (χ2v) is 8.56. The summed E-state index contributed by atoms with van der Waals surface area (Å²) in [6, 6.07) is 0. The number of thiazole rings is 1. The number of hydrogen-bond acceptors (Lipinski definition) is 5. The van der Waals surface area contributed by atoms with E-state index in [0.29, 0.717) is 6.54 Å². The Morgan fingerprint density at radius 3 is 2.77 bits per heavy atom. The van der Waals surface area contributed by atoms with Crippen LogP contribution in [0.5, 0.6) is 0 Å². The SMILES string of the molecule is CS(=O)(=O)NCCC(=O)NCCCc1nc2c(s1)CCCC2. The third-order valence-corrected chi connectivity index (χ3v) is 5.44. The predicted molar refractivity (Wildman–Crippen MR) is 87.6 cm³/mol. The van der Waals surface area contributed by atoms with E-state index < -0.39 is 10.0 Å². The number of fused-ring (bicyclic) bond motifs is 1. The van der Waals surface area contributed by atoms with Crippen LogP contribution in [0, 0.1) is 0 Å². The van der Waals surface area contributed by atoms with Gasteiger partial charge in [-0.05, 0) is 32.1 Å². The molecule has 8 heteroatoms. The molecule has 1 aliphatic carbocycles. The summed E-state index contributed by atoms with van der Waals surface area (Å²) >= 11 is 1.81. The molecule has 0 saturated heterocycles. The standard InChI is InChI=1S/C14H23N3O3S2/c1-22(19,20)16-10-8-13(18)15-9-4-7-14-17-11-5-2-3-6-12(11)21-14/h16H,2-10H2,1H3,(H,15,18). The highest BCUT2D eigenvalue weighted by Crippen LogP contribution is 2.27. The molecule has 0 fully saturated rings. The fourth-order valence-corrected chi connectivity index (χ4v) is 4.09. The largest absolute Gasteiger partial charge is 0.356 e. The minimum Gasteiger partial charge on any atom is -0.356 e. The van der Waals surface area contributed by atoms with E-state index in [1.54, 1.807) is 0 Å². The van der Waals surface area contributed by atoms with E-state index >= 15 is 0 Å². The molecular weight excluding hydrogens is 322 g/mol. The lowest BCUT2D eigenvalue weighted by molar-refractivity contribution is -0.120. The van der Waals surface area contributed by atoms with Crippen LogP contribution in [-0.2, 0) is 34.1 Å². The first kappa shape index (κ1) is 17.4. The fourth-order valence-electron chi connectivity index (χ4n) is 2.42. The van der Waals surface area contributed by atoms with Crippen LogP contribution in [0.1, 0.15) is 41.3 Å². The van der Waals surface area contributed by atoms with Gasteiger partial charge in [0.25, 0.3) is 0 Å². The van der Waals surface area contributed by atoms with Gasteiger partial charge in [-0.15, -0.1) is 11.3 Å². The number of aryl methyl sites for hydroxylation is 3. The van der Waals surface area contributed by atoms with E-state index in [1.165, 1.54) is 28.4 Å². The van der Waals surface area contributed by atoms with E-state index in [1.807, 2.05) is 11.3 Å². The Hall–Kier alpha value is -0.990. The summed E-state index contributed by atoms with van der Waals surface area (Å²) in [6.07, 6.45) is 7.78. The lowest BCUT2D eigenvalue weighted by Crippen LogP contribution is -2.30. The first-order valence-electron chi connectivity index (χ1n) is 7.63. The molecule has 0 saturated carbocycles. The van der Waals surface area contributed by atoms with Crippen molar-refractivity contribution < 1.29 is 13.2 Å². The second kappa shape index (κ2) is 8.03. The summed E-state index contributed by atoms with van der Waals surface area (Å²) in [7, 11) is -3.22.